The van der Waals surface area contributed by atoms with Gasteiger partial charge in [0.15, 0.2) is 5.58 Å². The highest BCUT2D eigenvalue weighted by Gasteiger charge is 2.41. The van der Waals surface area contributed by atoms with Crippen LogP contribution >= 0.6 is 15.9 Å². The molecule has 1 spiro atoms. The molecule has 2 aliphatic heterocycles. The second-order valence-electron chi connectivity index (χ2n) is 8.90. The average Bonchev–Trinajstić information content (AvgIpc) is 3.36. The standard InChI is InChI=1S/C22H27BrN4O2/c23-20-18-11-17(12-24)29-19(18)13-25-21(20)26-15-1-3-16(4-2-15)27-8-5-22(14-27)6-9-28-10-7-22/h11,13,15-16H,1-10,14H2,(H,25,26). The monoisotopic (exact) mass is 458 g/mol. The fraction of sp³-hybridized carbons (Fsp3) is 0.636. The number of nitriles is 1. The van der Waals surface area contributed by atoms with Gasteiger partial charge >= 0.3 is 0 Å². The number of hydrogen-bond acceptors (Lipinski definition) is 6. The highest BCUT2D eigenvalue weighted by atomic mass is 79.9. The Bertz CT molecular complexity index is 923. The minimum atomic E-state index is 0.313. The maximum absolute atomic E-state index is 9.05. The molecule has 3 aliphatic rings. The largest absolute Gasteiger partial charge is 0.444 e. The van der Waals surface area contributed by atoms with E-state index in [0.717, 1.165) is 47.8 Å². The van der Waals surface area contributed by atoms with Crippen LogP contribution in [-0.4, -0.2) is 48.3 Å². The van der Waals surface area contributed by atoms with Crippen molar-refractivity contribution in [1.82, 2.24) is 9.88 Å². The van der Waals surface area contributed by atoms with E-state index >= 15 is 0 Å². The van der Waals surface area contributed by atoms with Crippen molar-refractivity contribution in [2.75, 3.05) is 31.6 Å². The summed E-state index contributed by atoms with van der Waals surface area (Å²) in [7, 11) is 0. The number of ether oxygens (including phenoxy) is 1. The number of nitrogens with zero attached hydrogens (tertiary/aromatic N) is 3. The van der Waals surface area contributed by atoms with Gasteiger partial charge in [0, 0.05) is 43.3 Å². The van der Waals surface area contributed by atoms with Gasteiger partial charge in [0.25, 0.3) is 0 Å². The van der Waals surface area contributed by atoms with E-state index in [9.17, 15) is 0 Å². The Morgan fingerprint density at radius 1 is 1.21 bits per heavy atom. The molecule has 6 nitrogen and oxygen atoms in total. The third-order valence-corrected chi connectivity index (χ3v) is 8.00. The van der Waals surface area contributed by atoms with Crippen LogP contribution in [-0.2, 0) is 4.74 Å². The molecule has 0 aromatic carbocycles. The first-order chi connectivity index (χ1) is 14.2. The van der Waals surface area contributed by atoms with Gasteiger partial charge in [-0.15, -0.1) is 0 Å². The first-order valence-corrected chi connectivity index (χ1v) is 11.5. The van der Waals surface area contributed by atoms with E-state index in [1.807, 2.05) is 0 Å². The molecule has 0 amide bonds. The number of fused-ring (bicyclic) bond motifs is 1. The lowest BCUT2D eigenvalue weighted by atomic mass is 9.79. The molecule has 5 rings (SSSR count). The quantitative estimate of drug-likeness (QED) is 0.718. The molecule has 2 aromatic heterocycles. The molecule has 0 radical (unpaired) electrons. The fourth-order valence-corrected chi connectivity index (χ4v) is 5.93. The van der Waals surface area contributed by atoms with Gasteiger partial charge < -0.3 is 14.5 Å². The molecular weight excluding hydrogens is 432 g/mol. The van der Waals surface area contributed by atoms with Crippen LogP contribution in [0.5, 0.6) is 0 Å². The number of anilines is 1. The van der Waals surface area contributed by atoms with E-state index in [1.165, 1.54) is 45.2 Å². The molecule has 154 valence electrons. The molecule has 7 heteroatoms. The van der Waals surface area contributed by atoms with Gasteiger partial charge in [-0.3, -0.25) is 4.90 Å². The molecule has 1 N–H and O–H groups in total. The van der Waals surface area contributed by atoms with Gasteiger partial charge in [-0.2, -0.15) is 5.26 Å². The Hall–Kier alpha value is -1.62. The molecule has 0 atom stereocenters. The Kier molecular flexibility index (Phi) is 5.27. The molecule has 2 aromatic rings. The summed E-state index contributed by atoms with van der Waals surface area (Å²) in [5.74, 6) is 1.15. The molecule has 1 aliphatic carbocycles. The predicted molar refractivity (Wildman–Crippen MR) is 115 cm³/mol. The third kappa shape index (κ3) is 3.78. The van der Waals surface area contributed by atoms with Crippen LogP contribution in [0.25, 0.3) is 11.0 Å². The van der Waals surface area contributed by atoms with Crippen LogP contribution in [0.4, 0.5) is 5.82 Å². The Balaban J connectivity index is 1.19. The van der Waals surface area contributed by atoms with Crippen LogP contribution in [0.2, 0.25) is 0 Å². The summed E-state index contributed by atoms with van der Waals surface area (Å²) < 4.78 is 11.9. The van der Waals surface area contributed by atoms with E-state index in [2.05, 4.69) is 37.2 Å². The number of pyridine rings is 1. The van der Waals surface area contributed by atoms with E-state index in [1.54, 1.807) is 12.3 Å². The highest BCUT2D eigenvalue weighted by molar-refractivity contribution is 9.10. The molecule has 0 bridgehead atoms. The topological polar surface area (TPSA) is 74.3 Å². The number of likely N-dealkylation sites (tertiary alicyclic amines) is 1. The SMILES string of the molecule is N#Cc1cc2c(Br)c(NC3CCC(N4CCC5(CCOCC5)C4)CC3)ncc2o1. The van der Waals surface area contributed by atoms with Crippen molar-refractivity contribution in [3.05, 3.63) is 22.5 Å². The summed E-state index contributed by atoms with van der Waals surface area (Å²) in [5.41, 5.74) is 1.17. The van der Waals surface area contributed by atoms with E-state index in [-0.39, 0.29) is 0 Å². The maximum atomic E-state index is 9.05. The van der Waals surface area contributed by atoms with Crippen LogP contribution in [0.1, 0.15) is 50.7 Å². The molecule has 4 heterocycles. The second-order valence-corrected chi connectivity index (χ2v) is 9.70. The Morgan fingerprint density at radius 2 is 2.00 bits per heavy atom. The number of aromatic nitrogens is 1. The van der Waals surface area contributed by atoms with Gasteiger partial charge in [0.1, 0.15) is 11.9 Å². The minimum absolute atomic E-state index is 0.313. The molecule has 0 unspecified atom stereocenters. The minimum Gasteiger partial charge on any atom is -0.444 e. The summed E-state index contributed by atoms with van der Waals surface area (Å²) in [5, 5.41) is 13.6. The summed E-state index contributed by atoms with van der Waals surface area (Å²) in [6.07, 6.45) is 10.3. The lowest BCUT2D eigenvalue weighted by Crippen LogP contribution is -2.41. The van der Waals surface area contributed by atoms with Gasteiger partial charge in [-0.25, -0.2) is 4.98 Å². The molecule has 1 saturated carbocycles. The lowest BCUT2D eigenvalue weighted by Gasteiger charge is -2.38. The van der Waals surface area contributed by atoms with E-state index in [4.69, 9.17) is 14.4 Å². The first kappa shape index (κ1) is 19.3. The molecule has 2 saturated heterocycles. The summed E-state index contributed by atoms with van der Waals surface area (Å²) >= 11 is 3.64. The highest BCUT2D eigenvalue weighted by Crippen LogP contribution is 2.42. The Labute approximate surface area is 179 Å². The van der Waals surface area contributed by atoms with Crippen molar-refractivity contribution in [3.8, 4) is 6.07 Å². The molecule has 29 heavy (non-hydrogen) atoms. The zero-order valence-corrected chi connectivity index (χ0v) is 18.2. The maximum Gasteiger partial charge on any atom is 0.204 e. The average molecular weight is 459 g/mol. The smallest absolute Gasteiger partial charge is 0.204 e. The first-order valence-electron chi connectivity index (χ1n) is 10.7. The summed E-state index contributed by atoms with van der Waals surface area (Å²) in [6.45, 7) is 4.42. The van der Waals surface area contributed by atoms with Gasteiger partial charge in [0.05, 0.1) is 10.7 Å². The summed E-state index contributed by atoms with van der Waals surface area (Å²) in [4.78, 5) is 7.28. The number of rotatable bonds is 3. The van der Waals surface area contributed by atoms with Crippen molar-refractivity contribution in [1.29, 1.82) is 5.26 Å². The number of nitrogens with one attached hydrogen (secondary N) is 1. The predicted octanol–water partition coefficient (Wildman–Crippen LogP) is 4.69. The summed E-state index contributed by atoms with van der Waals surface area (Å²) in [6, 6.07) is 4.98. The molecular formula is C22H27BrN4O2. The molecule has 3 fully saturated rings. The van der Waals surface area contributed by atoms with Crippen LogP contribution < -0.4 is 5.32 Å². The van der Waals surface area contributed by atoms with Crippen molar-refractivity contribution in [2.45, 2.75) is 57.0 Å². The number of hydrogen-bond donors (Lipinski definition) is 1. The zero-order valence-electron chi connectivity index (χ0n) is 16.6. The zero-order chi connectivity index (χ0) is 19.8. The van der Waals surface area contributed by atoms with Crippen molar-refractivity contribution >= 4 is 32.7 Å². The third-order valence-electron chi connectivity index (χ3n) is 7.20. The van der Waals surface area contributed by atoms with Crippen LogP contribution in [0.15, 0.2) is 21.2 Å². The fourth-order valence-electron chi connectivity index (χ4n) is 5.41. The van der Waals surface area contributed by atoms with Crippen molar-refractivity contribution in [2.24, 2.45) is 5.41 Å². The second kappa shape index (κ2) is 7.90. The number of halogens is 1. The van der Waals surface area contributed by atoms with Gasteiger partial charge in [-0.1, -0.05) is 0 Å². The van der Waals surface area contributed by atoms with Crippen LogP contribution in [0.3, 0.4) is 0 Å². The lowest BCUT2D eigenvalue weighted by molar-refractivity contribution is 0.0158. The van der Waals surface area contributed by atoms with Crippen molar-refractivity contribution < 1.29 is 9.15 Å². The number of furan rings is 1. The van der Waals surface area contributed by atoms with E-state index in [0.29, 0.717) is 22.8 Å². The van der Waals surface area contributed by atoms with Gasteiger partial charge in [0.2, 0.25) is 5.76 Å². The normalized spacial score (nSPS) is 27.3. The Morgan fingerprint density at radius 3 is 2.76 bits per heavy atom. The van der Waals surface area contributed by atoms with E-state index < -0.39 is 0 Å². The van der Waals surface area contributed by atoms with Crippen LogP contribution in [0, 0.1) is 16.7 Å². The van der Waals surface area contributed by atoms with Crippen molar-refractivity contribution in [3.63, 3.8) is 0 Å². The van der Waals surface area contributed by atoms with Gasteiger partial charge in [-0.05, 0) is 72.8 Å².